The highest BCUT2D eigenvalue weighted by molar-refractivity contribution is 6.46. The second-order valence-electron chi connectivity index (χ2n) is 7.15. The summed E-state index contributed by atoms with van der Waals surface area (Å²) in [4.78, 5) is 27.1. The Labute approximate surface area is 173 Å². The van der Waals surface area contributed by atoms with E-state index in [9.17, 15) is 14.7 Å². The summed E-state index contributed by atoms with van der Waals surface area (Å²) in [6.45, 7) is 3.35. The van der Waals surface area contributed by atoms with Gasteiger partial charge in [0.05, 0.1) is 5.57 Å². The molecular formula is C22H23NO7. The van der Waals surface area contributed by atoms with Crippen molar-refractivity contribution >= 4 is 17.4 Å². The van der Waals surface area contributed by atoms with Crippen molar-refractivity contribution in [1.29, 1.82) is 0 Å². The Morgan fingerprint density at radius 3 is 2.63 bits per heavy atom. The lowest BCUT2D eigenvalue weighted by atomic mass is 9.99. The quantitative estimate of drug-likeness (QED) is 0.336. The van der Waals surface area contributed by atoms with E-state index in [4.69, 9.17) is 18.6 Å². The zero-order chi connectivity index (χ0) is 21.3. The molecule has 1 N–H and O–H groups in total. The number of furan rings is 1. The number of carbonyl (C=O) groups is 2. The van der Waals surface area contributed by atoms with Crippen molar-refractivity contribution in [2.24, 2.45) is 0 Å². The van der Waals surface area contributed by atoms with Crippen LogP contribution in [0.1, 0.15) is 29.5 Å². The van der Waals surface area contributed by atoms with Crippen molar-refractivity contribution in [1.82, 2.24) is 4.90 Å². The Kier molecular flexibility index (Phi) is 5.50. The van der Waals surface area contributed by atoms with Crippen LogP contribution in [-0.4, -0.2) is 55.2 Å². The number of hydrogen-bond donors (Lipinski definition) is 1. The molecule has 1 saturated heterocycles. The van der Waals surface area contributed by atoms with E-state index in [-0.39, 0.29) is 11.3 Å². The van der Waals surface area contributed by atoms with Gasteiger partial charge in [0.2, 0.25) is 0 Å². The number of fused-ring (bicyclic) bond motifs is 1. The van der Waals surface area contributed by atoms with Crippen LogP contribution in [0.4, 0.5) is 0 Å². The standard InChI is InChI=1S/C22H23NO7/c1-13-4-6-16(30-13)19-18(21(25)22(26)23(19)8-3-9-27-2)20(24)14-5-7-15-17(12-14)29-11-10-28-15/h4-7,12,19,24H,3,8-11H2,1-2H3/b20-18+. The highest BCUT2D eigenvalue weighted by atomic mass is 16.6. The Balaban J connectivity index is 1.78. The summed E-state index contributed by atoms with van der Waals surface area (Å²) >= 11 is 0. The zero-order valence-electron chi connectivity index (χ0n) is 16.8. The number of carbonyl (C=O) groups excluding carboxylic acids is 2. The third-order valence-corrected chi connectivity index (χ3v) is 5.13. The van der Waals surface area contributed by atoms with E-state index >= 15 is 0 Å². The maximum atomic E-state index is 12.9. The van der Waals surface area contributed by atoms with Gasteiger partial charge in [-0.1, -0.05) is 0 Å². The van der Waals surface area contributed by atoms with Crippen LogP contribution in [0.3, 0.4) is 0 Å². The van der Waals surface area contributed by atoms with Crippen molar-refractivity contribution in [3.05, 3.63) is 53.0 Å². The fraction of sp³-hybridized carbons (Fsp3) is 0.364. The molecule has 1 aromatic carbocycles. The zero-order valence-corrected chi connectivity index (χ0v) is 16.8. The van der Waals surface area contributed by atoms with Crippen molar-refractivity contribution in [2.45, 2.75) is 19.4 Å². The summed E-state index contributed by atoms with van der Waals surface area (Å²) in [6, 6.07) is 7.56. The molecule has 0 radical (unpaired) electrons. The van der Waals surface area contributed by atoms with Gasteiger partial charge < -0.3 is 28.6 Å². The molecule has 1 amide bonds. The monoisotopic (exact) mass is 413 g/mol. The third kappa shape index (κ3) is 3.54. The van der Waals surface area contributed by atoms with E-state index in [1.807, 2.05) is 0 Å². The maximum Gasteiger partial charge on any atom is 0.295 e. The summed E-state index contributed by atoms with van der Waals surface area (Å²) in [5, 5.41) is 11.1. The molecule has 2 aliphatic heterocycles. The van der Waals surface area contributed by atoms with E-state index in [0.29, 0.717) is 61.4 Å². The normalized spacial score (nSPS) is 20.1. The van der Waals surface area contributed by atoms with Gasteiger partial charge in [-0.2, -0.15) is 0 Å². The van der Waals surface area contributed by atoms with Crippen LogP contribution in [0, 0.1) is 6.92 Å². The van der Waals surface area contributed by atoms with E-state index in [0.717, 1.165) is 0 Å². The van der Waals surface area contributed by atoms with E-state index < -0.39 is 17.7 Å². The smallest absolute Gasteiger partial charge is 0.295 e. The third-order valence-electron chi connectivity index (χ3n) is 5.13. The number of benzene rings is 1. The molecular weight excluding hydrogens is 390 g/mol. The average Bonchev–Trinajstić information content (AvgIpc) is 3.29. The maximum absolute atomic E-state index is 12.9. The number of amides is 1. The Hall–Kier alpha value is -3.26. The van der Waals surface area contributed by atoms with Crippen LogP contribution < -0.4 is 9.47 Å². The molecule has 2 aliphatic rings. The van der Waals surface area contributed by atoms with Gasteiger partial charge in [-0.25, -0.2) is 0 Å². The van der Waals surface area contributed by atoms with Crippen LogP contribution in [0.15, 0.2) is 40.3 Å². The van der Waals surface area contributed by atoms with Gasteiger partial charge in [0, 0.05) is 25.8 Å². The molecule has 8 nitrogen and oxygen atoms in total. The molecule has 3 heterocycles. The minimum absolute atomic E-state index is 0.0107. The van der Waals surface area contributed by atoms with E-state index in [2.05, 4.69) is 0 Å². The highest BCUT2D eigenvalue weighted by Gasteiger charge is 2.47. The summed E-state index contributed by atoms with van der Waals surface area (Å²) in [7, 11) is 1.57. The number of nitrogens with zero attached hydrogens (tertiary/aromatic N) is 1. The lowest BCUT2D eigenvalue weighted by Gasteiger charge is -2.23. The number of ketones is 1. The van der Waals surface area contributed by atoms with Gasteiger partial charge in [-0.15, -0.1) is 0 Å². The summed E-state index contributed by atoms with van der Waals surface area (Å²) in [6.07, 6.45) is 0.545. The molecule has 0 aliphatic carbocycles. The Bertz CT molecular complexity index is 1010. The molecule has 0 bridgehead atoms. The van der Waals surface area contributed by atoms with Crippen LogP contribution in [-0.2, 0) is 14.3 Å². The highest BCUT2D eigenvalue weighted by Crippen LogP contribution is 2.41. The number of aryl methyl sites for hydroxylation is 1. The minimum Gasteiger partial charge on any atom is -0.507 e. The molecule has 158 valence electrons. The van der Waals surface area contributed by atoms with Crippen LogP contribution in [0.25, 0.3) is 5.76 Å². The Morgan fingerprint density at radius 1 is 1.17 bits per heavy atom. The van der Waals surface area contributed by atoms with Gasteiger partial charge in [0.15, 0.2) is 11.5 Å². The number of hydrogen-bond acceptors (Lipinski definition) is 7. The molecule has 1 unspecified atom stereocenters. The second kappa shape index (κ2) is 8.23. The molecule has 1 atom stereocenters. The number of ether oxygens (including phenoxy) is 3. The number of rotatable bonds is 6. The molecule has 0 spiro atoms. The summed E-state index contributed by atoms with van der Waals surface area (Å²) in [5.74, 6) is 0.401. The van der Waals surface area contributed by atoms with Crippen molar-refractivity contribution in [3.8, 4) is 11.5 Å². The van der Waals surface area contributed by atoms with E-state index in [1.54, 1.807) is 44.4 Å². The average molecular weight is 413 g/mol. The first-order chi connectivity index (χ1) is 14.5. The first-order valence-corrected chi connectivity index (χ1v) is 9.75. The van der Waals surface area contributed by atoms with Gasteiger partial charge in [-0.3, -0.25) is 9.59 Å². The van der Waals surface area contributed by atoms with Crippen molar-refractivity contribution < 1.29 is 33.3 Å². The van der Waals surface area contributed by atoms with Crippen LogP contribution in [0.2, 0.25) is 0 Å². The largest absolute Gasteiger partial charge is 0.507 e. The fourth-order valence-corrected chi connectivity index (χ4v) is 3.73. The molecule has 4 rings (SSSR count). The summed E-state index contributed by atoms with van der Waals surface area (Å²) in [5.41, 5.74) is 0.353. The van der Waals surface area contributed by atoms with Gasteiger partial charge >= 0.3 is 0 Å². The second-order valence-corrected chi connectivity index (χ2v) is 7.15. The van der Waals surface area contributed by atoms with Crippen molar-refractivity contribution in [2.75, 3.05) is 33.5 Å². The first-order valence-electron chi connectivity index (χ1n) is 9.75. The van der Waals surface area contributed by atoms with Gasteiger partial charge in [0.25, 0.3) is 11.7 Å². The molecule has 1 aromatic heterocycles. The Morgan fingerprint density at radius 2 is 1.93 bits per heavy atom. The number of methoxy groups -OCH3 is 1. The topological polar surface area (TPSA) is 98.4 Å². The number of aliphatic hydroxyl groups excluding tert-OH is 1. The number of aliphatic hydroxyl groups is 1. The lowest BCUT2D eigenvalue weighted by molar-refractivity contribution is -0.140. The lowest BCUT2D eigenvalue weighted by Crippen LogP contribution is -2.31. The van der Waals surface area contributed by atoms with Gasteiger partial charge in [-0.05, 0) is 43.7 Å². The first kappa shape index (κ1) is 20.0. The molecule has 2 aromatic rings. The molecule has 1 fully saturated rings. The molecule has 8 heteroatoms. The van der Waals surface area contributed by atoms with Crippen molar-refractivity contribution in [3.63, 3.8) is 0 Å². The fourth-order valence-electron chi connectivity index (χ4n) is 3.73. The van der Waals surface area contributed by atoms with Gasteiger partial charge in [0.1, 0.15) is 36.5 Å². The molecule has 30 heavy (non-hydrogen) atoms. The minimum atomic E-state index is -0.816. The molecule has 0 saturated carbocycles. The number of Topliss-reactive ketones (excluding diaryl/α,β-unsaturated/α-hetero) is 1. The number of likely N-dealkylation sites (tertiary alicyclic amines) is 1. The predicted octanol–water partition coefficient (Wildman–Crippen LogP) is 2.82. The van der Waals surface area contributed by atoms with E-state index in [1.165, 1.54) is 4.90 Å². The summed E-state index contributed by atoms with van der Waals surface area (Å²) < 4.78 is 21.9. The van der Waals surface area contributed by atoms with Crippen LogP contribution in [0.5, 0.6) is 11.5 Å². The van der Waals surface area contributed by atoms with Crippen LogP contribution >= 0.6 is 0 Å². The predicted molar refractivity (Wildman–Crippen MR) is 106 cm³/mol. The SMILES string of the molecule is COCCCN1C(=O)C(=O)/C(=C(/O)c2ccc3c(c2)OCCO3)C1c1ccc(C)o1.